The van der Waals surface area contributed by atoms with Crippen molar-refractivity contribution in [3.63, 3.8) is 0 Å². The number of nitrogens with zero attached hydrogens (tertiary/aromatic N) is 2. The number of hydrogen-bond donors (Lipinski definition) is 0. The molecule has 0 fully saturated rings. The van der Waals surface area contributed by atoms with E-state index < -0.39 is 0 Å². The monoisotopic (exact) mass is 792 g/mol. The van der Waals surface area contributed by atoms with E-state index in [1.54, 1.807) is 0 Å². The van der Waals surface area contributed by atoms with Crippen LogP contribution in [-0.4, -0.2) is 5.75 Å². The highest BCUT2D eigenvalue weighted by molar-refractivity contribution is 7.99. The summed E-state index contributed by atoms with van der Waals surface area (Å²) in [4.78, 5) is 6.28. The minimum atomic E-state index is 0.216. The van der Waals surface area contributed by atoms with E-state index in [9.17, 15) is 0 Å². The van der Waals surface area contributed by atoms with Crippen LogP contribution in [0.3, 0.4) is 0 Å². The van der Waals surface area contributed by atoms with E-state index in [0.29, 0.717) is 0 Å². The van der Waals surface area contributed by atoms with E-state index in [1.165, 1.54) is 62.9 Å². The Hall–Kier alpha value is -6.59. The van der Waals surface area contributed by atoms with Gasteiger partial charge in [-0.1, -0.05) is 140 Å². The maximum absolute atomic E-state index is 2.48. The molecular formula is C55H40N2S2. The highest BCUT2D eigenvalue weighted by Gasteiger charge is 2.24. The fourth-order valence-corrected chi connectivity index (χ4v) is 11.0. The first-order valence-corrected chi connectivity index (χ1v) is 22.1. The summed E-state index contributed by atoms with van der Waals surface area (Å²) in [5, 5.41) is 9.90. The first-order valence-electron chi connectivity index (χ1n) is 20.3. The maximum atomic E-state index is 2.48. The number of fused-ring (bicyclic) bond motifs is 9. The van der Waals surface area contributed by atoms with Gasteiger partial charge in [-0.3, -0.25) is 0 Å². The molecule has 0 aliphatic carbocycles. The number of thiophene rings is 1. The third-order valence-electron chi connectivity index (χ3n) is 11.7. The van der Waals surface area contributed by atoms with Gasteiger partial charge >= 0.3 is 0 Å². The van der Waals surface area contributed by atoms with E-state index >= 15 is 0 Å². The van der Waals surface area contributed by atoms with Crippen molar-refractivity contribution in [2.75, 3.05) is 15.6 Å². The van der Waals surface area contributed by atoms with E-state index in [0.717, 1.165) is 39.9 Å². The van der Waals surface area contributed by atoms with Crippen molar-refractivity contribution in [1.82, 2.24) is 0 Å². The van der Waals surface area contributed by atoms with Gasteiger partial charge in [0.05, 0.1) is 11.4 Å². The Balaban J connectivity index is 1.18. The van der Waals surface area contributed by atoms with E-state index in [4.69, 9.17) is 0 Å². The number of thioether (sulfide) groups is 1. The third-order valence-corrected chi connectivity index (χ3v) is 13.9. The van der Waals surface area contributed by atoms with Crippen molar-refractivity contribution in [1.29, 1.82) is 0 Å². The summed E-state index contributed by atoms with van der Waals surface area (Å²) in [6.45, 7) is 2.33. The number of anilines is 5. The summed E-state index contributed by atoms with van der Waals surface area (Å²) in [6.07, 6.45) is 7.09. The lowest BCUT2D eigenvalue weighted by molar-refractivity contribution is 0.921. The van der Waals surface area contributed by atoms with Crippen molar-refractivity contribution in [2.45, 2.75) is 17.7 Å². The van der Waals surface area contributed by atoms with Crippen LogP contribution in [0, 0.1) is 0 Å². The molecule has 1 unspecified atom stereocenters. The highest BCUT2D eigenvalue weighted by Crippen LogP contribution is 2.48. The molecule has 0 spiro atoms. The number of allylic oxidation sites excluding steroid dienone is 2. The Kier molecular flexibility index (Phi) is 9.02. The molecule has 0 N–H and O–H groups in total. The Morgan fingerprint density at radius 2 is 0.983 bits per heavy atom. The first-order chi connectivity index (χ1) is 29.2. The lowest BCUT2D eigenvalue weighted by atomic mass is 9.93. The molecule has 2 heterocycles. The second-order valence-electron chi connectivity index (χ2n) is 15.2. The van der Waals surface area contributed by atoms with E-state index in [2.05, 4.69) is 223 Å². The molecule has 0 saturated carbocycles. The summed E-state index contributed by atoms with van der Waals surface area (Å²) in [5.74, 6) is 1.12. The largest absolute Gasteiger partial charge is 0.310 e. The van der Waals surface area contributed by atoms with Gasteiger partial charge in [-0.2, -0.15) is 0 Å². The standard InChI is InChI=1S/C55H40N2S2/c1-37-33-40(21-16-32-58-53-28-14-12-22-42(37)53)56(38-17-4-2-5-18-38)51-35-48-44-24-9-11-26-46(44)52(36-49(48)43-23-8-10-25-45(43)51)57(39-19-6-3-7-20-39)41-30-31-55-50(34-41)47-27-13-15-29-54(47)59-55/h2-31,33-37H,32H2,1H3/b21-16-,40-33+. The van der Waals surface area contributed by atoms with Gasteiger partial charge in [0, 0.05) is 70.3 Å². The van der Waals surface area contributed by atoms with Gasteiger partial charge in [0.1, 0.15) is 0 Å². The van der Waals surface area contributed by atoms with Crippen LogP contribution in [0.15, 0.2) is 217 Å². The van der Waals surface area contributed by atoms with Crippen LogP contribution >= 0.6 is 23.1 Å². The van der Waals surface area contributed by atoms with Crippen molar-refractivity contribution < 1.29 is 0 Å². The molecule has 4 heteroatoms. The zero-order valence-corrected chi connectivity index (χ0v) is 34.3. The van der Waals surface area contributed by atoms with Crippen LogP contribution in [0.2, 0.25) is 0 Å². The quantitative estimate of drug-likeness (QED) is 0.155. The molecule has 1 aromatic heterocycles. The molecular weight excluding hydrogens is 753 g/mol. The highest BCUT2D eigenvalue weighted by atomic mass is 32.2. The van der Waals surface area contributed by atoms with Crippen LogP contribution in [0.1, 0.15) is 18.4 Å². The van der Waals surface area contributed by atoms with Crippen LogP contribution in [0.4, 0.5) is 28.4 Å². The lowest BCUT2D eigenvalue weighted by Gasteiger charge is -2.30. The first kappa shape index (κ1) is 35.6. The molecule has 0 amide bonds. The number of rotatable bonds is 6. The number of benzene rings is 9. The molecule has 59 heavy (non-hydrogen) atoms. The topological polar surface area (TPSA) is 6.48 Å². The van der Waals surface area contributed by atoms with E-state index in [1.807, 2.05) is 23.1 Å². The molecule has 9 aromatic carbocycles. The van der Waals surface area contributed by atoms with Gasteiger partial charge in [0.15, 0.2) is 0 Å². The fraction of sp³-hybridized carbons (Fsp3) is 0.0545. The summed E-state index contributed by atoms with van der Waals surface area (Å²) < 4.78 is 2.61. The molecule has 1 aliphatic heterocycles. The van der Waals surface area contributed by atoms with Gasteiger partial charge in [-0.05, 0) is 99.9 Å². The van der Waals surface area contributed by atoms with Gasteiger partial charge < -0.3 is 9.80 Å². The molecule has 10 aromatic rings. The van der Waals surface area contributed by atoms with Gasteiger partial charge in [-0.25, -0.2) is 0 Å². The van der Waals surface area contributed by atoms with Crippen molar-refractivity contribution in [3.8, 4) is 0 Å². The number of para-hydroxylation sites is 2. The summed E-state index contributed by atoms with van der Waals surface area (Å²) >= 11 is 3.77. The molecule has 11 rings (SSSR count). The average Bonchev–Trinajstić information content (AvgIpc) is 3.69. The van der Waals surface area contributed by atoms with Crippen LogP contribution < -0.4 is 9.80 Å². The van der Waals surface area contributed by atoms with E-state index in [-0.39, 0.29) is 5.92 Å². The summed E-state index contributed by atoms with van der Waals surface area (Å²) in [6, 6.07) is 69.1. The SMILES string of the molecule is CC1/C=C(N(c2ccccc2)c2cc3c4ccccc4c(N(c4ccccc4)c4ccc5sc6ccccc6c5c4)cc3c3ccccc23)\C=C/CSc2ccccc21. The lowest BCUT2D eigenvalue weighted by Crippen LogP contribution is -2.16. The predicted molar refractivity (Wildman–Crippen MR) is 258 cm³/mol. The molecule has 0 bridgehead atoms. The average molecular weight is 793 g/mol. The molecule has 0 saturated heterocycles. The summed E-state index contributed by atoms with van der Waals surface area (Å²) in [5.41, 5.74) is 8.24. The fourth-order valence-electron chi connectivity index (χ4n) is 8.99. The minimum absolute atomic E-state index is 0.216. The second-order valence-corrected chi connectivity index (χ2v) is 17.4. The van der Waals surface area contributed by atoms with Gasteiger partial charge in [0.25, 0.3) is 0 Å². The van der Waals surface area contributed by atoms with Gasteiger partial charge in [0.2, 0.25) is 0 Å². The third kappa shape index (κ3) is 6.28. The van der Waals surface area contributed by atoms with Crippen LogP contribution in [-0.2, 0) is 0 Å². The molecule has 282 valence electrons. The molecule has 1 aliphatic rings. The van der Waals surface area contributed by atoms with Crippen LogP contribution in [0.5, 0.6) is 0 Å². The predicted octanol–water partition coefficient (Wildman–Crippen LogP) is 16.5. The zero-order chi connectivity index (χ0) is 39.3. The Bertz CT molecular complexity index is 3250. The summed E-state index contributed by atoms with van der Waals surface area (Å²) in [7, 11) is 0. The maximum Gasteiger partial charge on any atom is 0.0546 e. The van der Waals surface area contributed by atoms with Crippen molar-refractivity contribution in [2.24, 2.45) is 0 Å². The van der Waals surface area contributed by atoms with Crippen molar-refractivity contribution in [3.05, 3.63) is 218 Å². The number of hydrogen-bond acceptors (Lipinski definition) is 4. The van der Waals surface area contributed by atoms with Crippen molar-refractivity contribution >= 4 is 104 Å². The second kappa shape index (κ2) is 15.0. The zero-order valence-electron chi connectivity index (χ0n) is 32.6. The molecule has 0 radical (unpaired) electrons. The smallest absolute Gasteiger partial charge is 0.0546 e. The minimum Gasteiger partial charge on any atom is -0.310 e. The Labute approximate surface area is 353 Å². The molecule has 2 nitrogen and oxygen atoms in total. The van der Waals surface area contributed by atoms with Crippen LogP contribution in [0.25, 0.3) is 52.5 Å². The van der Waals surface area contributed by atoms with Gasteiger partial charge in [-0.15, -0.1) is 23.1 Å². The Morgan fingerprint density at radius 3 is 1.68 bits per heavy atom. The molecule has 1 atom stereocenters. The Morgan fingerprint density at radius 1 is 0.441 bits per heavy atom. The normalized spacial score (nSPS) is 15.7.